The average molecular weight is 458 g/mol. The summed E-state index contributed by atoms with van der Waals surface area (Å²) in [6, 6.07) is 18.5. The van der Waals surface area contributed by atoms with Crippen molar-refractivity contribution in [2.45, 2.75) is 39.2 Å². The van der Waals surface area contributed by atoms with Crippen molar-refractivity contribution in [3.05, 3.63) is 65.7 Å². The molecule has 0 bridgehead atoms. The summed E-state index contributed by atoms with van der Waals surface area (Å²) < 4.78 is 5.28. The number of carbonyl (C=O) groups is 1. The number of nitrogens with zero attached hydrogens (tertiary/aromatic N) is 3. The largest absolute Gasteiger partial charge is 0.497 e. The van der Waals surface area contributed by atoms with Gasteiger partial charge in [-0.15, -0.1) is 0 Å². The predicted octanol–water partition coefficient (Wildman–Crippen LogP) is 5.71. The molecular formula is C29H35N3O2. The highest BCUT2D eigenvalue weighted by molar-refractivity contribution is 6.26. The molecule has 2 aliphatic heterocycles. The molecule has 1 amide bonds. The summed E-state index contributed by atoms with van der Waals surface area (Å²) in [7, 11) is 1.67. The van der Waals surface area contributed by atoms with Crippen molar-refractivity contribution in [2.24, 2.45) is 0 Å². The number of unbranched alkanes of at least 4 members (excludes halogenated alkanes) is 2. The van der Waals surface area contributed by atoms with E-state index in [1.165, 1.54) is 49.8 Å². The first kappa shape index (κ1) is 22.7. The van der Waals surface area contributed by atoms with Crippen LogP contribution in [0, 0.1) is 0 Å². The van der Waals surface area contributed by atoms with Crippen molar-refractivity contribution < 1.29 is 9.53 Å². The van der Waals surface area contributed by atoms with Gasteiger partial charge in [0.2, 0.25) is 0 Å². The smallest absolute Gasteiger partial charge is 0.259 e. The Labute approximate surface area is 202 Å². The molecule has 1 fully saturated rings. The lowest BCUT2D eigenvalue weighted by Crippen LogP contribution is -2.31. The van der Waals surface area contributed by atoms with Gasteiger partial charge in [0.05, 0.1) is 19.3 Å². The van der Waals surface area contributed by atoms with Crippen molar-refractivity contribution in [3.63, 3.8) is 0 Å². The second-order valence-electron chi connectivity index (χ2n) is 9.46. The molecule has 3 aromatic rings. The van der Waals surface area contributed by atoms with Gasteiger partial charge in [0.15, 0.2) is 0 Å². The van der Waals surface area contributed by atoms with Crippen LogP contribution in [-0.2, 0) is 6.54 Å². The van der Waals surface area contributed by atoms with Crippen LogP contribution in [0.3, 0.4) is 0 Å². The van der Waals surface area contributed by atoms with Gasteiger partial charge in [-0.05, 0) is 61.8 Å². The lowest BCUT2D eigenvalue weighted by molar-refractivity contribution is 0.0991. The van der Waals surface area contributed by atoms with Crippen LogP contribution < -0.4 is 14.5 Å². The van der Waals surface area contributed by atoms with E-state index in [0.717, 1.165) is 47.6 Å². The second kappa shape index (κ2) is 10.1. The standard InChI is InChI=1S/C29H35N3O2/c1-3-4-5-16-30-17-7-18-31(20-19-30)26-14-15-27-28-24(26)8-6-9-25(28)29(33)32(27)21-22-10-12-23(34-2)13-11-22/h6,8-15H,3-5,7,16-21H2,1-2H3. The molecule has 5 rings (SSSR count). The first-order chi connectivity index (χ1) is 16.7. The third-order valence-electron chi connectivity index (χ3n) is 7.27. The van der Waals surface area contributed by atoms with Gasteiger partial charge in [-0.2, -0.15) is 0 Å². The topological polar surface area (TPSA) is 36.0 Å². The zero-order valence-corrected chi connectivity index (χ0v) is 20.4. The summed E-state index contributed by atoms with van der Waals surface area (Å²) in [4.78, 5) is 20.5. The number of ether oxygens (including phenoxy) is 1. The minimum absolute atomic E-state index is 0.0894. The molecule has 0 N–H and O–H groups in total. The summed E-state index contributed by atoms with van der Waals surface area (Å²) in [5, 5.41) is 2.29. The molecule has 3 aromatic carbocycles. The summed E-state index contributed by atoms with van der Waals surface area (Å²) in [5.74, 6) is 0.916. The van der Waals surface area contributed by atoms with Crippen LogP contribution in [0.1, 0.15) is 48.5 Å². The molecule has 34 heavy (non-hydrogen) atoms. The van der Waals surface area contributed by atoms with Crippen LogP contribution in [0.15, 0.2) is 54.6 Å². The van der Waals surface area contributed by atoms with Gasteiger partial charge < -0.3 is 19.4 Å². The normalized spacial score (nSPS) is 16.4. The molecule has 5 heteroatoms. The van der Waals surface area contributed by atoms with Crippen molar-refractivity contribution in [1.82, 2.24) is 4.90 Å². The number of rotatable bonds is 8. The van der Waals surface area contributed by atoms with E-state index in [9.17, 15) is 4.79 Å². The summed E-state index contributed by atoms with van der Waals surface area (Å²) in [6.45, 7) is 8.41. The Morgan fingerprint density at radius 2 is 1.71 bits per heavy atom. The van der Waals surface area contributed by atoms with Crippen molar-refractivity contribution >= 4 is 28.1 Å². The fraction of sp³-hybridized carbons (Fsp3) is 0.414. The Hall–Kier alpha value is -3.05. The first-order valence-electron chi connectivity index (χ1n) is 12.7. The van der Waals surface area contributed by atoms with Gasteiger partial charge in [-0.3, -0.25) is 4.79 Å². The Balaban J connectivity index is 1.40. The zero-order valence-electron chi connectivity index (χ0n) is 20.4. The van der Waals surface area contributed by atoms with Gasteiger partial charge >= 0.3 is 0 Å². The van der Waals surface area contributed by atoms with E-state index in [4.69, 9.17) is 4.74 Å². The fourth-order valence-corrected chi connectivity index (χ4v) is 5.40. The first-order valence-corrected chi connectivity index (χ1v) is 12.7. The molecule has 0 saturated carbocycles. The molecule has 2 aliphatic rings. The number of benzene rings is 3. The maximum Gasteiger partial charge on any atom is 0.259 e. The Morgan fingerprint density at radius 1 is 0.882 bits per heavy atom. The SMILES string of the molecule is CCCCCN1CCCN(c2ccc3c4c(cccc24)C(=O)N3Cc2ccc(OC)cc2)CC1. The van der Waals surface area contributed by atoms with Crippen LogP contribution in [0.2, 0.25) is 0 Å². The van der Waals surface area contributed by atoms with E-state index in [1.807, 2.05) is 41.3 Å². The van der Waals surface area contributed by atoms with E-state index >= 15 is 0 Å². The highest BCUT2D eigenvalue weighted by atomic mass is 16.5. The fourth-order valence-electron chi connectivity index (χ4n) is 5.40. The molecule has 0 aromatic heterocycles. The monoisotopic (exact) mass is 457 g/mol. The molecule has 0 spiro atoms. The van der Waals surface area contributed by atoms with Crippen LogP contribution in [0.25, 0.3) is 10.8 Å². The summed E-state index contributed by atoms with van der Waals surface area (Å²) in [6.07, 6.45) is 5.06. The van der Waals surface area contributed by atoms with Crippen LogP contribution in [-0.4, -0.2) is 50.6 Å². The summed E-state index contributed by atoms with van der Waals surface area (Å²) >= 11 is 0. The predicted molar refractivity (Wildman–Crippen MR) is 140 cm³/mol. The maximum atomic E-state index is 13.4. The number of anilines is 2. The van der Waals surface area contributed by atoms with E-state index in [-0.39, 0.29) is 5.91 Å². The van der Waals surface area contributed by atoms with Crippen molar-refractivity contribution in [3.8, 4) is 5.75 Å². The zero-order chi connectivity index (χ0) is 23.5. The lowest BCUT2D eigenvalue weighted by atomic mass is 10.0. The third-order valence-corrected chi connectivity index (χ3v) is 7.27. The molecule has 2 heterocycles. The molecule has 1 saturated heterocycles. The lowest BCUT2D eigenvalue weighted by Gasteiger charge is -2.26. The van der Waals surface area contributed by atoms with E-state index < -0.39 is 0 Å². The van der Waals surface area contributed by atoms with Gasteiger partial charge in [0, 0.05) is 41.7 Å². The van der Waals surface area contributed by atoms with Gasteiger partial charge in [-0.1, -0.05) is 44.0 Å². The highest BCUT2D eigenvalue weighted by Gasteiger charge is 2.31. The molecule has 5 nitrogen and oxygen atoms in total. The van der Waals surface area contributed by atoms with Crippen molar-refractivity contribution in [2.75, 3.05) is 49.6 Å². The van der Waals surface area contributed by atoms with Crippen LogP contribution in [0.4, 0.5) is 11.4 Å². The van der Waals surface area contributed by atoms with E-state index in [2.05, 4.69) is 34.9 Å². The van der Waals surface area contributed by atoms with E-state index in [0.29, 0.717) is 6.54 Å². The van der Waals surface area contributed by atoms with Gasteiger partial charge in [0.25, 0.3) is 5.91 Å². The average Bonchev–Trinajstić information content (AvgIpc) is 3.01. The Bertz CT molecular complexity index is 1160. The number of hydrogen-bond donors (Lipinski definition) is 0. The van der Waals surface area contributed by atoms with Crippen LogP contribution in [0.5, 0.6) is 5.75 Å². The highest BCUT2D eigenvalue weighted by Crippen LogP contribution is 2.42. The van der Waals surface area contributed by atoms with E-state index in [1.54, 1.807) is 7.11 Å². The second-order valence-corrected chi connectivity index (χ2v) is 9.46. The minimum atomic E-state index is 0.0894. The molecule has 0 unspecified atom stereocenters. The molecular weight excluding hydrogens is 422 g/mol. The number of methoxy groups -OCH3 is 1. The number of amides is 1. The third kappa shape index (κ3) is 4.37. The maximum absolute atomic E-state index is 13.4. The Kier molecular flexibility index (Phi) is 6.73. The molecule has 0 aliphatic carbocycles. The molecule has 178 valence electrons. The van der Waals surface area contributed by atoms with Gasteiger partial charge in [0.1, 0.15) is 5.75 Å². The molecule has 0 radical (unpaired) electrons. The number of hydrogen-bond acceptors (Lipinski definition) is 4. The number of carbonyl (C=O) groups excluding carboxylic acids is 1. The molecule has 0 atom stereocenters. The van der Waals surface area contributed by atoms with Crippen LogP contribution >= 0.6 is 0 Å². The summed E-state index contributed by atoms with van der Waals surface area (Å²) in [5.41, 5.74) is 4.19. The quantitative estimate of drug-likeness (QED) is 0.406. The van der Waals surface area contributed by atoms with Gasteiger partial charge in [-0.25, -0.2) is 0 Å². The minimum Gasteiger partial charge on any atom is -0.497 e. The van der Waals surface area contributed by atoms with Crippen molar-refractivity contribution in [1.29, 1.82) is 0 Å². The Morgan fingerprint density at radius 3 is 2.50 bits per heavy atom.